The van der Waals surface area contributed by atoms with Crippen LogP contribution < -0.4 is 10.6 Å². The minimum absolute atomic E-state index is 0.127. The Morgan fingerprint density at radius 2 is 2.05 bits per heavy atom. The summed E-state index contributed by atoms with van der Waals surface area (Å²) in [5.41, 5.74) is 1.42. The van der Waals surface area contributed by atoms with Gasteiger partial charge in [-0.25, -0.2) is 4.98 Å². The van der Waals surface area contributed by atoms with Gasteiger partial charge in [0.25, 0.3) is 5.91 Å². The molecule has 0 aliphatic rings. The molecule has 1 aromatic heterocycles. The first-order chi connectivity index (χ1) is 10.7. The van der Waals surface area contributed by atoms with E-state index in [1.807, 2.05) is 12.1 Å². The number of benzene rings is 1. The van der Waals surface area contributed by atoms with Crippen LogP contribution in [0.25, 0.3) is 0 Å². The second-order valence-electron chi connectivity index (χ2n) is 4.66. The van der Waals surface area contributed by atoms with E-state index in [0.717, 1.165) is 12.1 Å². The summed E-state index contributed by atoms with van der Waals surface area (Å²) in [5, 5.41) is 6.64. The summed E-state index contributed by atoms with van der Waals surface area (Å²) in [6.07, 6.45) is 2.38. The average Bonchev–Trinajstić information content (AvgIpc) is 2.54. The molecule has 2 rings (SSSR count). The van der Waals surface area contributed by atoms with Crippen molar-refractivity contribution in [3.05, 3.63) is 53.2 Å². The lowest BCUT2D eigenvalue weighted by molar-refractivity contribution is 0.0948. The first kappa shape index (κ1) is 16.3. The monoisotopic (exact) mass is 319 g/mol. The minimum atomic E-state index is -0.127. The van der Waals surface area contributed by atoms with Crippen LogP contribution in [0.4, 0.5) is 11.5 Å². The van der Waals surface area contributed by atoms with Gasteiger partial charge in [0.2, 0.25) is 0 Å². The van der Waals surface area contributed by atoms with Crippen LogP contribution in [0.2, 0.25) is 5.02 Å². The third kappa shape index (κ3) is 5.02. The molecular formula is C16H18ClN3O2. The van der Waals surface area contributed by atoms with Gasteiger partial charge in [0.1, 0.15) is 5.82 Å². The lowest BCUT2D eigenvalue weighted by Crippen LogP contribution is -2.25. The van der Waals surface area contributed by atoms with Crippen LogP contribution in [0.3, 0.4) is 0 Å². The van der Waals surface area contributed by atoms with Crippen LogP contribution in [0, 0.1) is 0 Å². The number of hydrogen-bond acceptors (Lipinski definition) is 4. The van der Waals surface area contributed by atoms with Gasteiger partial charge in [0.05, 0.1) is 0 Å². The van der Waals surface area contributed by atoms with Crippen molar-refractivity contribution in [2.75, 3.05) is 25.6 Å². The molecule has 0 spiro atoms. The van der Waals surface area contributed by atoms with Crippen LogP contribution >= 0.6 is 11.6 Å². The van der Waals surface area contributed by atoms with Crippen molar-refractivity contribution in [2.24, 2.45) is 0 Å². The standard InChI is InChI=1S/C16H18ClN3O2/c1-22-10-2-8-19-16(21)12-7-9-18-15(11-12)20-14-5-3-13(17)4-6-14/h3-7,9,11H,2,8,10H2,1H3,(H,18,20)(H,19,21). The highest BCUT2D eigenvalue weighted by Crippen LogP contribution is 2.18. The lowest BCUT2D eigenvalue weighted by Gasteiger charge is -2.08. The number of methoxy groups -OCH3 is 1. The number of rotatable bonds is 7. The molecule has 0 unspecified atom stereocenters. The van der Waals surface area contributed by atoms with Crippen LogP contribution in [0.1, 0.15) is 16.8 Å². The number of aromatic nitrogens is 1. The van der Waals surface area contributed by atoms with Gasteiger partial charge in [-0.3, -0.25) is 4.79 Å². The number of pyridine rings is 1. The van der Waals surface area contributed by atoms with Crippen LogP contribution in [0.15, 0.2) is 42.6 Å². The minimum Gasteiger partial charge on any atom is -0.385 e. The lowest BCUT2D eigenvalue weighted by atomic mass is 10.2. The van der Waals surface area contributed by atoms with Gasteiger partial charge in [0.15, 0.2) is 0 Å². The third-order valence-electron chi connectivity index (χ3n) is 2.95. The van der Waals surface area contributed by atoms with E-state index >= 15 is 0 Å². The average molecular weight is 320 g/mol. The van der Waals surface area contributed by atoms with Crippen molar-refractivity contribution in [2.45, 2.75) is 6.42 Å². The molecule has 116 valence electrons. The predicted molar refractivity (Wildman–Crippen MR) is 87.8 cm³/mol. The number of nitrogens with one attached hydrogen (secondary N) is 2. The summed E-state index contributed by atoms with van der Waals surface area (Å²) in [6.45, 7) is 1.20. The molecule has 1 aromatic carbocycles. The zero-order valence-corrected chi connectivity index (χ0v) is 13.1. The fraction of sp³-hybridized carbons (Fsp3) is 0.250. The molecule has 1 amide bonds. The van der Waals surface area contributed by atoms with Crippen molar-refractivity contribution in [3.8, 4) is 0 Å². The van der Waals surface area contributed by atoms with Gasteiger partial charge in [-0.05, 0) is 42.8 Å². The van der Waals surface area contributed by atoms with Crippen molar-refractivity contribution < 1.29 is 9.53 Å². The summed E-state index contributed by atoms with van der Waals surface area (Å²) in [4.78, 5) is 16.2. The number of hydrogen-bond donors (Lipinski definition) is 2. The molecule has 0 bridgehead atoms. The first-order valence-corrected chi connectivity index (χ1v) is 7.32. The van der Waals surface area contributed by atoms with E-state index in [2.05, 4.69) is 15.6 Å². The number of halogens is 1. The van der Waals surface area contributed by atoms with Crippen LogP contribution in [-0.2, 0) is 4.74 Å². The molecule has 0 saturated heterocycles. The molecule has 22 heavy (non-hydrogen) atoms. The Bertz CT molecular complexity index is 617. The second-order valence-corrected chi connectivity index (χ2v) is 5.10. The van der Waals surface area contributed by atoms with E-state index in [9.17, 15) is 4.79 Å². The number of ether oxygens (including phenoxy) is 1. The summed E-state index contributed by atoms with van der Waals surface area (Å²) in [7, 11) is 1.64. The third-order valence-corrected chi connectivity index (χ3v) is 3.20. The van der Waals surface area contributed by atoms with Crippen molar-refractivity contribution in [3.63, 3.8) is 0 Å². The van der Waals surface area contributed by atoms with Gasteiger partial charge in [-0.15, -0.1) is 0 Å². The Balaban J connectivity index is 1.97. The van der Waals surface area contributed by atoms with Gasteiger partial charge < -0.3 is 15.4 Å². The highest BCUT2D eigenvalue weighted by molar-refractivity contribution is 6.30. The molecule has 2 N–H and O–H groups in total. The van der Waals surface area contributed by atoms with E-state index < -0.39 is 0 Å². The Kier molecular flexibility index (Phi) is 6.18. The van der Waals surface area contributed by atoms with Gasteiger partial charge in [0, 0.05) is 42.7 Å². The van der Waals surface area contributed by atoms with E-state index in [1.54, 1.807) is 37.6 Å². The molecule has 6 heteroatoms. The molecule has 0 aliphatic heterocycles. The molecule has 1 heterocycles. The topological polar surface area (TPSA) is 63.2 Å². The summed E-state index contributed by atoms with van der Waals surface area (Å²) in [6, 6.07) is 10.7. The normalized spacial score (nSPS) is 10.3. The SMILES string of the molecule is COCCCNC(=O)c1ccnc(Nc2ccc(Cl)cc2)c1. The number of anilines is 2. The smallest absolute Gasteiger partial charge is 0.251 e. The predicted octanol–water partition coefficient (Wildman–Crippen LogP) is 3.24. The number of amides is 1. The molecule has 5 nitrogen and oxygen atoms in total. The van der Waals surface area contributed by atoms with Gasteiger partial charge >= 0.3 is 0 Å². The van der Waals surface area contributed by atoms with Crippen LogP contribution in [-0.4, -0.2) is 31.2 Å². The molecule has 0 fully saturated rings. The number of carbonyl (C=O) groups excluding carboxylic acids is 1. The Morgan fingerprint density at radius 3 is 2.77 bits per heavy atom. The van der Waals surface area contributed by atoms with Crippen molar-refractivity contribution >= 4 is 29.0 Å². The van der Waals surface area contributed by atoms with Crippen LogP contribution in [0.5, 0.6) is 0 Å². The van der Waals surface area contributed by atoms with E-state index in [0.29, 0.717) is 29.6 Å². The molecular weight excluding hydrogens is 302 g/mol. The maximum Gasteiger partial charge on any atom is 0.251 e. The van der Waals surface area contributed by atoms with E-state index in [-0.39, 0.29) is 5.91 Å². The maximum atomic E-state index is 12.0. The number of nitrogens with zero attached hydrogens (tertiary/aromatic N) is 1. The largest absolute Gasteiger partial charge is 0.385 e. The van der Waals surface area contributed by atoms with E-state index in [4.69, 9.17) is 16.3 Å². The summed E-state index contributed by atoms with van der Waals surface area (Å²) in [5.74, 6) is 0.476. The first-order valence-electron chi connectivity index (χ1n) is 6.95. The summed E-state index contributed by atoms with van der Waals surface area (Å²) < 4.78 is 4.94. The Morgan fingerprint density at radius 1 is 1.27 bits per heavy atom. The molecule has 0 aliphatic carbocycles. The fourth-order valence-corrected chi connectivity index (χ4v) is 1.97. The Hall–Kier alpha value is -2.11. The summed E-state index contributed by atoms with van der Waals surface area (Å²) >= 11 is 5.85. The zero-order chi connectivity index (χ0) is 15.8. The zero-order valence-electron chi connectivity index (χ0n) is 12.3. The second kappa shape index (κ2) is 8.36. The molecule has 0 saturated carbocycles. The molecule has 0 radical (unpaired) electrons. The quantitative estimate of drug-likeness (QED) is 0.769. The van der Waals surface area contributed by atoms with Gasteiger partial charge in [-0.1, -0.05) is 11.6 Å². The highest BCUT2D eigenvalue weighted by Gasteiger charge is 2.06. The maximum absolute atomic E-state index is 12.0. The molecule has 2 aromatic rings. The van der Waals surface area contributed by atoms with Crippen molar-refractivity contribution in [1.82, 2.24) is 10.3 Å². The highest BCUT2D eigenvalue weighted by atomic mass is 35.5. The Labute approximate surface area is 134 Å². The molecule has 0 atom stereocenters. The van der Waals surface area contributed by atoms with E-state index in [1.165, 1.54) is 0 Å². The van der Waals surface area contributed by atoms with Crippen molar-refractivity contribution in [1.29, 1.82) is 0 Å². The van der Waals surface area contributed by atoms with Gasteiger partial charge in [-0.2, -0.15) is 0 Å². The fourth-order valence-electron chi connectivity index (χ4n) is 1.84. The number of carbonyl (C=O) groups is 1.